The van der Waals surface area contributed by atoms with Crippen LogP contribution in [0.25, 0.3) is 0 Å². The summed E-state index contributed by atoms with van der Waals surface area (Å²) in [6.07, 6.45) is 4.81. The van der Waals surface area contributed by atoms with Gasteiger partial charge in [0.2, 0.25) is 5.91 Å². The van der Waals surface area contributed by atoms with E-state index < -0.39 is 0 Å². The molecule has 1 aliphatic rings. The molecule has 1 amide bonds. The molecule has 0 saturated heterocycles. The third-order valence-corrected chi connectivity index (χ3v) is 5.00. The summed E-state index contributed by atoms with van der Waals surface area (Å²) in [7, 11) is 0. The minimum absolute atomic E-state index is 0.121. The first-order valence-electron chi connectivity index (χ1n) is 9.02. The first kappa shape index (κ1) is 18.5. The summed E-state index contributed by atoms with van der Waals surface area (Å²) in [5.41, 5.74) is 1.79. The Hall–Kier alpha value is -1.86. The van der Waals surface area contributed by atoms with Gasteiger partial charge in [-0.05, 0) is 50.3 Å². The number of nitrogens with zero attached hydrogens (tertiary/aromatic N) is 2. The molecule has 4 heteroatoms. The molecule has 0 aromatic heterocycles. The molecule has 2 atom stereocenters. The summed E-state index contributed by atoms with van der Waals surface area (Å²) in [5, 5.41) is 12.1. The maximum Gasteiger partial charge on any atom is 0.234 e. The van der Waals surface area contributed by atoms with Gasteiger partial charge in [-0.2, -0.15) is 5.26 Å². The first-order chi connectivity index (χ1) is 11.5. The van der Waals surface area contributed by atoms with Crippen LogP contribution in [-0.4, -0.2) is 29.4 Å². The van der Waals surface area contributed by atoms with Gasteiger partial charge in [-0.15, -0.1) is 0 Å². The Morgan fingerprint density at radius 1 is 1.29 bits per heavy atom. The average Bonchev–Trinajstić information content (AvgIpc) is 2.57. The van der Waals surface area contributed by atoms with Crippen molar-refractivity contribution in [3.05, 3.63) is 35.4 Å². The zero-order chi connectivity index (χ0) is 17.5. The lowest BCUT2D eigenvalue weighted by atomic mass is 9.86. The summed E-state index contributed by atoms with van der Waals surface area (Å²) >= 11 is 0. The highest BCUT2D eigenvalue weighted by molar-refractivity contribution is 5.78. The van der Waals surface area contributed by atoms with Crippen molar-refractivity contribution < 1.29 is 4.79 Å². The smallest absolute Gasteiger partial charge is 0.234 e. The SMILES string of the molecule is CC1CCCCC1NC(=O)CN(Cc1ccc(C#N)cc1)C(C)C. The zero-order valence-electron chi connectivity index (χ0n) is 15.1. The lowest BCUT2D eigenvalue weighted by Crippen LogP contribution is -2.46. The predicted molar refractivity (Wildman–Crippen MR) is 96.3 cm³/mol. The highest BCUT2D eigenvalue weighted by Crippen LogP contribution is 2.23. The van der Waals surface area contributed by atoms with Crippen LogP contribution in [0.2, 0.25) is 0 Å². The topological polar surface area (TPSA) is 56.1 Å². The Balaban J connectivity index is 1.92. The number of carbonyl (C=O) groups excluding carboxylic acids is 1. The molecule has 1 aliphatic carbocycles. The van der Waals surface area contributed by atoms with Crippen molar-refractivity contribution >= 4 is 5.91 Å². The van der Waals surface area contributed by atoms with E-state index in [-0.39, 0.29) is 11.9 Å². The molecule has 0 aliphatic heterocycles. The molecule has 1 N–H and O–H groups in total. The van der Waals surface area contributed by atoms with Crippen molar-refractivity contribution in [3.8, 4) is 6.07 Å². The van der Waals surface area contributed by atoms with E-state index in [4.69, 9.17) is 5.26 Å². The molecule has 0 spiro atoms. The summed E-state index contributed by atoms with van der Waals surface area (Å²) < 4.78 is 0. The van der Waals surface area contributed by atoms with Crippen molar-refractivity contribution in [3.63, 3.8) is 0 Å². The summed E-state index contributed by atoms with van der Waals surface area (Å²) in [6, 6.07) is 10.3. The van der Waals surface area contributed by atoms with Crippen molar-refractivity contribution in [2.75, 3.05) is 6.54 Å². The third-order valence-electron chi connectivity index (χ3n) is 5.00. The number of hydrogen-bond donors (Lipinski definition) is 1. The fourth-order valence-corrected chi connectivity index (χ4v) is 3.31. The molecule has 4 nitrogen and oxygen atoms in total. The Bertz CT molecular complexity index is 574. The number of rotatable bonds is 6. The maximum atomic E-state index is 12.5. The second-order valence-corrected chi connectivity index (χ2v) is 7.24. The lowest BCUT2D eigenvalue weighted by Gasteiger charge is -2.31. The number of nitrogens with one attached hydrogen (secondary N) is 1. The van der Waals surface area contributed by atoms with E-state index in [0.29, 0.717) is 24.1 Å². The minimum atomic E-state index is 0.121. The van der Waals surface area contributed by atoms with E-state index in [1.807, 2.05) is 24.3 Å². The molecule has 24 heavy (non-hydrogen) atoms. The zero-order valence-corrected chi connectivity index (χ0v) is 15.1. The second-order valence-electron chi connectivity index (χ2n) is 7.24. The van der Waals surface area contributed by atoms with Crippen LogP contribution in [0.3, 0.4) is 0 Å². The van der Waals surface area contributed by atoms with Gasteiger partial charge in [-0.25, -0.2) is 0 Å². The Kier molecular flexibility index (Phi) is 6.81. The monoisotopic (exact) mass is 327 g/mol. The largest absolute Gasteiger partial charge is 0.352 e. The first-order valence-corrected chi connectivity index (χ1v) is 9.02. The van der Waals surface area contributed by atoms with Gasteiger partial charge in [0.15, 0.2) is 0 Å². The molecule has 1 saturated carbocycles. The molecule has 2 unspecified atom stereocenters. The van der Waals surface area contributed by atoms with Crippen molar-refractivity contribution in [1.82, 2.24) is 10.2 Å². The summed E-state index contributed by atoms with van der Waals surface area (Å²) in [4.78, 5) is 14.6. The lowest BCUT2D eigenvalue weighted by molar-refractivity contribution is -0.124. The second kappa shape index (κ2) is 8.84. The fraction of sp³-hybridized carbons (Fsp3) is 0.600. The maximum absolute atomic E-state index is 12.5. The predicted octanol–water partition coefficient (Wildman–Crippen LogP) is 3.46. The van der Waals surface area contributed by atoms with Crippen LogP contribution in [-0.2, 0) is 11.3 Å². The number of nitriles is 1. The molecule has 0 bridgehead atoms. The third kappa shape index (κ3) is 5.35. The van der Waals surface area contributed by atoms with Gasteiger partial charge in [0, 0.05) is 18.6 Å². The molecule has 0 heterocycles. The van der Waals surface area contributed by atoms with Crippen LogP contribution in [0.4, 0.5) is 0 Å². The van der Waals surface area contributed by atoms with E-state index in [0.717, 1.165) is 18.5 Å². The van der Waals surface area contributed by atoms with Crippen LogP contribution in [0, 0.1) is 17.2 Å². The van der Waals surface area contributed by atoms with E-state index in [1.54, 1.807) is 0 Å². The van der Waals surface area contributed by atoms with Crippen LogP contribution < -0.4 is 5.32 Å². The highest BCUT2D eigenvalue weighted by atomic mass is 16.2. The van der Waals surface area contributed by atoms with Crippen molar-refractivity contribution in [1.29, 1.82) is 5.26 Å². The molecule has 2 rings (SSSR count). The van der Waals surface area contributed by atoms with Crippen LogP contribution in [0.5, 0.6) is 0 Å². The normalized spacial score (nSPS) is 20.8. The van der Waals surface area contributed by atoms with Crippen molar-refractivity contribution in [2.24, 2.45) is 5.92 Å². The molecular formula is C20H29N3O. The summed E-state index contributed by atoms with van der Waals surface area (Å²) in [6.45, 7) is 7.60. The molecule has 1 aromatic carbocycles. The number of amides is 1. The number of hydrogen-bond acceptors (Lipinski definition) is 3. The molecular weight excluding hydrogens is 298 g/mol. The Labute approximate surface area is 145 Å². The quantitative estimate of drug-likeness (QED) is 0.870. The van der Waals surface area contributed by atoms with E-state index in [2.05, 4.69) is 37.1 Å². The van der Waals surface area contributed by atoms with E-state index in [1.165, 1.54) is 19.3 Å². The van der Waals surface area contributed by atoms with E-state index in [9.17, 15) is 4.79 Å². The van der Waals surface area contributed by atoms with Crippen LogP contribution >= 0.6 is 0 Å². The van der Waals surface area contributed by atoms with Gasteiger partial charge in [-0.3, -0.25) is 9.69 Å². The van der Waals surface area contributed by atoms with Gasteiger partial charge < -0.3 is 5.32 Å². The highest BCUT2D eigenvalue weighted by Gasteiger charge is 2.24. The van der Waals surface area contributed by atoms with Gasteiger partial charge in [0.05, 0.1) is 18.2 Å². The molecule has 1 fully saturated rings. The fourth-order valence-electron chi connectivity index (χ4n) is 3.31. The van der Waals surface area contributed by atoms with E-state index >= 15 is 0 Å². The Morgan fingerprint density at radius 3 is 2.54 bits per heavy atom. The van der Waals surface area contributed by atoms with Gasteiger partial charge in [-0.1, -0.05) is 31.9 Å². The molecule has 130 valence electrons. The van der Waals surface area contributed by atoms with Gasteiger partial charge in [0.25, 0.3) is 0 Å². The standard InChI is InChI=1S/C20H29N3O/c1-15(2)23(13-18-10-8-17(12-21)9-11-18)14-20(24)22-19-7-5-4-6-16(19)3/h8-11,15-16,19H,4-7,13-14H2,1-3H3,(H,22,24). The van der Waals surface area contributed by atoms with Gasteiger partial charge >= 0.3 is 0 Å². The van der Waals surface area contributed by atoms with Crippen molar-refractivity contribution in [2.45, 2.75) is 65.1 Å². The molecule has 0 radical (unpaired) electrons. The average molecular weight is 327 g/mol. The van der Waals surface area contributed by atoms with Crippen LogP contribution in [0.15, 0.2) is 24.3 Å². The number of carbonyl (C=O) groups is 1. The molecule has 1 aromatic rings. The Morgan fingerprint density at radius 2 is 1.96 bits per heavy atom. The number of benzene rings is 1. The van der Waals surface area contributed by atoms with Gasteiger partial charge in [0.1, 0.15) is 0 Å². The van der Waals surface area contributed by atoms with Crippen LogP contribution in [0.1, 0.15) is 57.6 Å². The minimum Gasteiger partial charge on any atom is -0.352 e. The summed E-state index contributed by atoms with van der Waals surface area (Å²) in [5.74, 6) is 0.699.